The summed E-state index contributed by atoms with van der Waals surface area (Å²) >= 11 is 5.56. The Balaban J connectivity index is 0. The van der Waals surface area contributed by atoms with E-state index >= 15 is 0 Å². The Morgan fingerprint density at radius 3 is 1.91 bits per heavy atom. The van der Waals surface area contributed by atoms with Gasteiger partial charge in [0.1, 0.15) is 0 Å². The second-order valence-electron chi connectivity index (χ2n) is 2.80. The Hall–Kier alpha value is 0.500. The van der Waals surface area contributed by atoms with Crippen molar-refractivity contribution in [3.63, 3.8) is 0 Å². The van der Waals surface area contributed by atoms with Crippen LogP contribution >= 0.6 is 24.0 Å². The first-order chi connectivity index (χ1) is 4.66. The van der Waals surface area contributed by atoms with Crippen molar-refractivity contribution in [1.82, 2.24) is 9.80 Å². The van der Waals surface area contributed by atoms with Crippen LogP contribution < -0.4 is 0 Å². The van der Waals surface area contributed by atoms with Gasteiger partial charge in [0.15, 0.2) is 0 Å². The third kappa shape index (κ3) is 10.5. The van der Waals surface area contributed by atoms with Crippen LogP contribution in [0, 0.1) is 0 Å². The van der Waals surface area contributed by atoms with Crippen molar-refractivity contribution in [2.75, 3.05) is 46.7 Å². The quantitative estimate of drug-likeness (QED) is 0.615. The summed E-state index contributed by atoms with van der Waals surface area (Å²) in [6.07, 6.45) is 0. The summed E-state index contributed by atoms with van der Waals surface area (Å²) in [5.74, 6) is 0.726. The highest BCUT2D eigenvalue weighted by atomic mass is 35.5. The van der Waals surface area contributed by atoms with E-state index < -0.39 is 0 Å². The second kappa shape index (κ2) is 8.60. The molecule has 0 aliphatic heterocycles. The lowest BCUT2D eigenvalue weighted by Crippen LogP contribution is -2.29. The normalized spacial score (nSPS) is 10.4. The molecule has 0 bridgehead atoms. The lowest BCUT2D eigenvalue weighted by Gasteiger charge is -2.17. The smallest absolute Gasteiger partial charge is 0.0351 e. The second-order valence-corrected chi connectivity index (χ2v) is 3.17. The molecule has 0 aliphatic carbocycles. The molecule has 4 heteroatoms. The van der Waals surface area contributed by atoms with Crippen LogP contribution in [0.15, 0.2) is 0 Å². The van der Waals surface area contributed by atoms with Crippen LogP contribution in [0.25, 0.3) is 0 Å². The number of rotatable bonds is 5. The molecule has 0 radical (unpaired) electrons. The van der Waals surface area contributed by atoms with Gasteiger partial charge in [0, 0.05) is 25.5 Å². The molecule has 70 valence electrons. The van der Waals surface area contributed by atoms with Gasteiger partial charge < -0.3 is 9.80 Å². The van der Waals surface area contributed by atoms with Crippen LogP contribution in [-0.4, -0.2) is 56.5 Å². The van der Waals surface area contributed by atoms with Gasteiger partial charge in [0.05, 0.1) is 0 Å². The molecule has 0 unspecified atom stereocenters. The van der Waals surface area contributed by atoms with E-state index in [0.29, 0.717) is 0 Å². The van der Waals surface area contributed by atoms with Crippen molar-refractivity contribution in [3.05, 3.63) is 0 Å². The highest BCUT2D eigenvalue weighted by Crippen LogP contribution is 1.85. The molecule has 0 heterocycles. The molecule has 0 fully saturated rings. The Labute approximate surface area is 80.9 Å². The van der Waals surface area contributed by atoms with Crippen LogP contribution in [0.1, 0.15) is 0 Å². The number of hydrogen-bond acceptors (Lipinski definition) is 2. The summed E-state index contributed by atoms with van der Waals surface area (Å²) in [7, 11) is 6.24. The first kappa shape index (κ1) is 14.0. The van der Waals surface area contributed by atoms with E-state index in [4.69, 9.17) is 11.6 Å². The molecule has 0 aromatic carbocycles. The number of hydrogen-bond donors (Lipinski definition) is 0. The van der Waals surface area contributed by atoms with E-state index in [1.165, 1.54) is 0 Å². The molecular weight excluding hydrogens is 183 g/mol. The molecule has 0 atom stereocenters. The number of alkyl halides is 1. The molecule has 0 aliphatic rings. The molecule has 0 saturated heterocycles. The summed E-state index contributed by atoms with van der Waals surface area (Å²) in [6, 6.07) is 0. The lowest BCUT2D eigenvalue weighted by atomic mass is 10.5. The van der Waals surface area contributed by atoms with Crippen LogP contribution in [0.4, 0.5) is 0 Å². The molecule has 0 N–H and O–H groups in total. The van der Waals surface area contributed by atoms with Gasteiger partial charge in [-0.15, -0.1) is 24.0 Å². The molecule has 2 nitrogen and oxygen atoms in total. The zero-order valence-electron chi connectivity index (χ0n) is 7.51. The number of likely N-dealkylation sites (N-methyl/N-ethyl adjacent to an activating group) is 2. The van der Waals surface area contributed by atoms with E-state index in [1.807, 2.05) is 0 Å². The molecule has 11 heavy (non-hydrogen) atoms. The molecule has 0 aromatic heterocycles. The maximum absolute atomic E-state index is 5.56. The predicted octanol–water partition coefficient (Wildman–Crippen LogP) is 1.14. The molecular formula is C7H18Cl2N2. The summed E-state index contributed by atoms with van der Waals surface area (Å²) in [5, 5.41) is 0. The average Bonchev–Trinajstić information content (AvgIpc) is 1.85. The Bertz CT molecular complexity index is 78.8. The van der Waals surface area contributed by atoms with Gasteiger partial charge >= 0.3 is 0 Å². The van der Waals surface area contributed by atoms with E-state index in [0.717, 1.165) is 25.5 Å². The summed E-state index contributed by atoms with van der Waals surface area (Å²) in [4.78, 5) is 4.40. The van der Waals surface area contributed by atoms with Gasteiger partial charge in [0.25, 0.3) is 0 Å². The molecule has 0 aromatic rings. The fourth-order valence-corrected chi connectivity index (χ4v) is 0.915. The molecule has 0 rings (SSSR count). The van der Waals surface area contributed by atoms with E-state index in [2.05, 4.69) is 30.9 Å². The average molecular weight is 201 g/mol. The van der Waals surface area contributed by atoms with Gasteiger partial charge in [0.2, 0.25) is 0 Å². The van der Waals surface area contributed by atoms with Crippen molar-refractivity contribution in [3.8, 4) is 0 Å². The minimum atomic E-state index is 0. The monoisotopic (exact) mass is 200 g/mol. The SMILES string of the molecule is CN(C)CCN(C)CCCl.Cl. The first-order valence-electron chi connectivity index (χ1n) is 3.56. The molecule has 0 spiro atoms. The van der Waals surface area contributed by atoms with Gasteiger partial charge in [-0.05, 0) is 21.1 Å². The van der Waals surface area contributed by atoms with Crippen LogP contribution in [0.5, 0.6) is 0 Å². The number of nitrogens with zero attached hydrogens (tertiary/aromatic N) is 2. The maximum atomic E-state index is 5.56. The first-order valence-corrected chi connectivity index (χ1v) is 4.09. The largest absolute Gasteiger partial charge is 0.308 e. The van der Waals surface area contributed by atoms with Crippen LogP contribution in [0.3, 0.4) is 0 Å². The summed E-state index contributed by atoms with van der Waals surface area (Å²) in [5.41, 5.74) is 0. The number of halogens is 2. The summed E-state index contributed by atoms with van der Waals surface area (Å²) < 4.78 is 0. The standard InChI is InChI=1S/C7H17ClN2.ClH/c1-9(2)6-7-10(3)5-4-8;/h4-7H2,1-3H3;1H. The van der Waals surface area contributed by atoms with E-state index in [9.17, 15) is 0 Å². The highest BCUT2D eigenvalue weighted by Gasteiger charge is 1.96. The minimum absolute atomic E-state index is 0. The van der Waals surface area contributed by atoms with Crippen molar-refractivity contribution in [2.45, 2.75) is 0 Å². The maximum Gasteiger partial charge on any atom is 0.0351 e. The van der Waals surface area contributed by atoms with Crippen molar-refractivity contribution < 1.29 is 0 Å². The van der Waals surface area contributed by atoms with Crippen LogP contribution in [-0.2, 0) is 0 Å². The Morgan fingerprint density at radius 2 is 1.55 bits per heavy atom. The van der Waals surface area contributed by atoms with Crippen LogP contribution in [0.2, 0.25) is 0 Å². The Morgan fingerprint density at radius 1 is 1.00 bits per heavy atom. The van der Waals surface area contributed by atoms with Crippen molar-refractivity contribution in [1.29, 1.82) is 0 Å². The lowest BCUT2D eigenvalue weighted by molar-refractivity contribution is 0.294. The fraction of sp³-hybridized carbons (Fsp3) is 1.00. The third-order valence-electron chi connectivity index (χ3n) is 1.40. The van der Waals surface area contributed by atoms with Gasteiger partial charge in [-0.3, -0.25) is 0 Å². The topological polar surface area (TPSA) is 6.48 Å². The van der Waals surface area contributed by atoms with Crippen molar-refractivity contribution >= 4 is 24.0 Å². The third-order valence-corrected chi connectivity index (χ3v) is 1.56. The molecule has 0 amide bonds. The van der Waals surface area contributed by atoms with E-state index in [-0.39, 0.29) is 12.4 Å². The summed E-state index contributed by atoms with van der Waals surface area (Å²) in [6.45, 7) is 3.18. The van der Waals surface area contributed by atoms with E-state index in [1.54, 1.807) is 0 Å². The highest BCUT2D eigenvalue weighted by molar-refractivity contribution is 6.18. The minimum Gasteiger partial charge on any atom is -0.308 e. The predicted molar refractivity (Wildman–Crippen MR) is 54.0 cm³/mol. The van der Waals surface area contributed by atoms with Gasteiger partial charge in [-0.25, -0.2) is 0 Å². The molecule has 0 saturated carbocycles. The van der Waals surface area contributed by atoms with Gasteiger partial charge in [-0.2, -0.15) is 0 Å². The van der Waals surface area contributed by atoms with Crippen molar-refractivity contribution in [2.24, 2.45) is 0 Å². The zero-order valence-corrected chi connectivity index (χ0v) is 9.08. The Kier molecular flexibility index (Phi) is 11.0. The zero-order chi connectivity index (χ0) is 7.98. The van der Waals surface area contributed by atoms with Gasteiger partial charge in [-0.1, -0.05) is 0 Å². The fourth-order valence-electron chi connectivity index (χ4n) is 0.627.